The Hall–Kier alpha value is -4.09. The van der Waals surface area contributed by atoms with Gasteiger partial charge in [0.25, 0.3) is 5.91 Å². The first-order chi connectivity index (χ1) is 20.3. The Bertz CT molecular complexity index is 1530. The Morgan fingerprint density at radius 3 is 2.64 bits per heavy atom. The van der Waals surface area contributed by atoms with Crippen LogP contribution in [0.5, 0.6) is 0 Å². The van der Waals surface area contributed by atoms with Gasteiger partial charge in [0.05, 0.1) is 30.5 Å². The highest BCUT2D eigenvalue weighted by Crippen LogP contribution is 2.37. The van der Waals surface area contributed by atoms with Crippen LogP contribution in [0.25, 0.3) is 11.1 Å². The number of carbonyl (C=O) groups excluding carboxylic acids is 1. The summed E-state index contributed by atoms with van der Waals surface area (Å²) in [5.74, 6) is 0.569. The Balaban J connectivity index is 1.19. The summed E-state index contributed by atoms with van der Waals surface area (Å²) >= 11 is 6.07. The van der Waals surface area contributed by atoms with Crippen LogP contribution < -0.4 is 15.5 Å². The molecule has 0 aliphatic carbocycles. The maximum Gasteiger partial charge on any atom is 0.416 e. The van der Waals surface area contributed by atoms with Gasteiger partial charge in [-0.3, -0.25) is 15.1 Å². The minimum absolute atomic E-state index is 0.0159. The van der Waals surface area contributed by atoms with Crippen molar-refractivity contribution in [1.29, 1.82) is 0 Å². The molecular weight excluding hydrogens is 567 g/mol. The minimum atomic E-state index is -4.49. The van der Waals surface area contributed by atoms with Crippen LogP contribution in [0.1, 0.15) is 21.5 Å². The summed E-state index contributed by atoms with van der Waals surface area (Å²) in [5, 5.41) is 6.94. The summed E-state index contributed by atoms with van der Waals surface area (Å²) < 4.78 is 41.1. The van der Waals surface area contributed by atoms with Crippen LogP contribution in [-0.2, 0) is 12.7 Å². The molecule has 1 saturated heterocycles. The summed E-state index contributed by atoms with van der Waals surface area (Å²) in [6, 6.07) is 12.9. The molecule has 6 rings (SSSR count). The van der Waals surface area contributed by atoms with E-state index in [0.717, 1.165) is 17.2 Å². The number of hydrogen-bond acceptors (Lipinski definition) is 7. The fraction of sp³-hybridized carbons (Fsp3) is 0.300. The monoisotopic (exact) mass is 595 g/mol. The van der Waals surface area contributed by atoms with E-state index in [1.165, 1.54) is 12.1 Å². The number of nitrogens with one attached hydrogen (secondary N) is 2. The van der Waals surface area contributed by atoms with Gasteiger partial charge in [-0.05, 0) is 47.5 Å². The first kappa shape index (κ1) is 28.0. The average molecular weight is 596 g/mol. The van der Waals surface area contributed by atoms with E-state index >= 15 is 0 Å². The molecule has 1 atom stereocenters. The van der Waals surface area contributed by atoms with Crippen LogP contribution in [-0.4, -0.2) is 72.3 Å². The van der Waals surface area contributed by atoms with E-state index in [1.807, 2.05) is 40.4 Å². The third-order valence-corrected chi connectivity index (χ3v) is 7.90. The molecule has 42 heavy (non-hydrogen) atoms. The van der Waals surface area contributed by atoms with Gasteiger partial charge in [0.2, 0.25) is 0 Å². The Kier molecular flexibility index (Phi) is 7.78. The molecule has 3 aliphatic rings. The zero-order valence-electron chi connectivity index (χ0n) is 22.6. The molecule has 4 heterocycles. The average Bonchev–Trinajstić information content (AvgIpc) is 3.01. The number of aliphatic imine (C=N–C) groups is 1. The van der Waals surface area contributed by atoms with Crippen molar-refractivity contribution in [1.82, 2.24) is 20.1 Å². The highest BCUT2D eigenvalue weighted by atomic mass is 35.5. The van der Waals surface area contributed by atoms with E-state index in [4.69, 9.17) is 11.6 Å². The second kappa shape index (κ2) is 11.7. The summed E-state index contributed by atoms with van der Waals surface area (Å²) in [5.41, 5.74) is 2.34. The lowest BCUT2D eigenvalue weighted by molar-refractivity contribution is -0.138. The van der Waals surface area contributed by atoms with Crippen molar-refractivity contribution in [2.24, 2.45) is 4.99 Å². The van der Waals surface area contributed by atoms with Gasteiger partial charge in [0.15, 0.2) is 0 Å². The summed E-state index contributed by atoms with van der Waals surface area (Å²) in [4.78, 5) is 27.8. The number of aromatic nitrogens is 1. The third-order valence-electron chi connectivity index (χ3n) is 7.67. The number of alkyl halides is 3. The number of hydrogen-bond donors (Lipinski definition) is 2. The maximum absolute atomic E-state index is 13.7. The highest BCUT2D eigenvalue weighted by Gasteiger charge is 2.34. The van der Waals surface area contributed by atoms with Gasteiger partial charge >= 0.3 is 6.18 Å². The van der Waals surface area contributed by atoms with Crippen molar-refractivity contribution in [3.63, 3.8) is 0 Å². The van der Waals surface area contributed by atoms with Crippen LogP contribution in [0.15, 0.2) is 72.1 Å². The molecule has 0 saturated carbocycles. The fourth-order valence-electron chi connectivity index (χ4n) is 5.50. The van der Waals surface area contributed by atoms with Crippen molar-refractivity contribution in [3.8, 4) is 11.1 Å². The van der Waals surface area contributed by atoms with Crippen LogP contribution in [0, 0.1) is 0 Å². The summed E-state index contributed by atoms with van der Waals surface area (Å²) in [7, 11) is 0. The topological polar surface area (TPSA) is 76.1 Å². The highest BCUT2D eigenvalue weighted by molar-refractivity contribution is 6.30. The van der Waals surface area contributed by atoms with Crippen LogP contribution >= 0.6 is 11.6 Å². The standard InChI is InChI=1S/C30H29ClF3N7O/c31-24-5-6-25(30(32,33)34)23(15-24)18-40-13-10-37-28-26(40)16-22(17-38-28)20-1-3-21(4-2-20)29(42)41-14-9-36-27(19-41)39-11-7-35-8-12-39/h1-8,11,15-17,27,36H,9-10,12-14,18-19H2,(H,37,38). The number of pyridine rings is 1. The van der Waals surface area contributed by atoms with Gasteiger partial charge in [-0.15, -0.1) is 0 Å². The third kappa shape index (κ3) is 5.93. The van der Waals surface area contributed by atoms with E-state index in [9.17, 15) is 18.0 Å². The van der Waals surface area contributed by atoms with Crippen LogP contribution in [0.3, 0.4) is 0 Å². The number of anilines is 2. The van der Waals surface area contributed by atoms with E-state index in [1.54, 1.807) is 24.5 Å². The molecule has 12 heteroatoms. The molecule has 0 spiro atoms. The van der Waals surface area contributed by atoms with Gasteiger partial charge in [-0.1, -0.05) is 23.7 Å². The molecule has 218 valence electrons. The second-order valence-corrected chi connectivity index (χ2v) is 10.8. The van der Waals surface area contributed by atoms with Crippen LogP contribution in [0.4, 0.5) is 24.7 Å². The molecular formula is C30H29ClF3N7O. The molecule has 1 unspecified atom stereocenters. The van der Waals surface area contributed by atoms with Crippen molar-refractivity contribution >= 4 is 35.2 Å². The molecule has 0 radical (unpaired) electrons. The maximum atomic E-state index is 13.7. The second-order valence-electron chi connectivity index (χ2n) is 10.4. The number of halogens is 4. The smallest absolute Gasteiger partial charge is 0.367 e. The normalized spacial score (nSPS) is 18.6. The molecule has 0 bridgehead atoms. The van der Waals surface area contributed by atoms with Gasteiger partial charge in [-0.25, -0.2) is 4.98 Å². The number of carbonyl (C=O) groups is 1. The minimum Gasteiger partial charge on any atom is -0.367 e. The lowest BCUT2D eigenvalue weighted by Crippen LogP contribution is -2.58. The fourth-order valence-corrected chi connectivity index (χ4v) is 5.70. The Labute approximate surface area is 246 Å². The number of piperazine rings is 1. The van der Waals surface area contributed by atoms with Crippen molar-refractivity contribution in [3.05, 3.63) is 88.8 Å². The predicted molar refractivity (Wildman–Crippen MR) is 158 cm³/mol. The Morgan fingerprint density at radius 2 is 1.88 bits per heavy atom. The molecule has 2 aromatic carbocycles. The Morgan fingerprint density at radius 1 is 1.05 bits per heavy atom. The van der Waals surface area contributed by atoms with Gasteiger partial charge in [0, 0.05) is 73.7 Å². The zero-order chi connectivity index (χ0) is 29.3. The van der Waals surface area contributed by atoms with E-state index < -0.39 is 11.7 Å². The van der Waals surface area contributed by atoms with Gasteiger partial charge < -0.3 is 20.0 Å². The predicted octanol–water partition coefficient (Wildman–Crippen LogP) is 5.08. The first-order valence-corrected chi connectivity index (χ1v) is 14.1. The van der Waals surface area contributed by atoms with E-state index in [0.29, 0.717) is 56.3 Å². The van der Waals surface area contributed by atoms with Gasteiger partial charge in [-0.2, -0.15) is 13.2 Å². The molecule has 1 aromatic heterocycles. The molecule has 3 aromatic rings. The molecule has 1 amide bonds. The number of amides is 1. The number of fused-ring (bicyclic) bond motifs is 1. The molecule has 1 fully saturated rings. The number of benzene rings is 2. The van der Waals surface area contributed by atoms with Crippen molar-refractivity contribution < 1.29 is 18.0 Å². The van der Waals surface area contributed by atoms with E-state index in [-0.39, 0.29) is 29.2 Å². The molecule has 8 nitrogen and oxygen atoms in total. The number of nitrogens with zero attached hydrogens (tertiary/aromatic N) is 5. The summed E-state index contributed by atoms with van der Waals surface area (Å²) in [6.45, 7) is 3.64. The zero-order valence-corrected chi connectivity index (χ0v) is 23.4. The quantitative estimate of drug-likeness (QED) is 0.428. The van der Waals surface area contributed by atoms with Crippen molar-refractivity contribution in [2.45, 2.75) is 18.9 Å². The van der Waals surface area contributed by atoms with E-state index in [2.05, 4.69) is 25.5 Å². The van der Waals surface area contributed by atoms with Crippen molar-refractivity contribution in [2.75, 3.05) is 49.5 Å². The van der Waals surface area contributed by atoms with Gasteiger partial charge in [0.1, 0.15) is 5.82 Å². The molecule has 2 N–H and O–H groups in total. The number of rotatable bonds is 5. The molecule has 3 aliphatic heterocycles. The lowest BCUT2D eigenvalue weighted by atomic mass is 10.0. The first-order valence-electron chi connectivity index (χ1n) is 13.7. The largest absolute Gasteiger partial charge is 0.416 e. The summed E-state index contributed by atoms with van der Waals surface area (Å²) in [6.07, 6.45) is 2.76. The lowest BCUT2D eigenvalue weighted by Gasteiger charge is -2.39. The van der Waals surface area contributed by atoms with Crippen LogP contribution in [0.2, 0.25) is 5.02 Å². The SMILES string of the molecule is O=C(c1ccc(-c2cnc3c(c2)N(Cc2cc(Cl)ccc2C(F)(F)F)CCN3)cc1)N1CCNC(N2C=CN=CC2)C1.